The minimum Gasteiger partial charge on any atom is -0.456 e. The zero-order chi connectivity index (χ0) is 17.8. The average molecular weight is 345 g/mol. The Morgan fingerprint density at radius 3 is 2.68 bits per heavy atom. The van der Waals surface area contributed by atoms with Crippen molar-refractivity contribution in [3.63, 3.8) is 0 Å². The highest BCUT2D eigenvalue weighted by Crippen LogP contribution is 2.37. The van der Waals surface area contributed by atoms with Gasteiger partial charge in [-0.05, 0) is 31.7 Å². The monoisotopic (exact) mass is 345 g/mol. The minimum atomic E-state index is -0.517. The fourth-order valence-corrected chi connectivity index (χ4v) is 2.81. The van der Waals surface area contributed by atoms with Crippen molar-refractivity contribution in [2.45, 2.75) is 26.2 Å². The van der Waals surface area contributed by atoms with E-state index in [0.717, 1.165) is 12.8 Å². The maximum absolute atomic E-state index is 12.0. The van der Waals surface area contributed by atoms with E-state index in [4.69, 9.17) is 14.2 Å². The van der Waals surface area contributed by atoms with E-state index in [1.807, 2.05) is 12.2 Å². The molecular weight excluding hydrogens is 326 g/mol. The molecule has 132 valence electrons. The lowest BCUT2D eigenvalue weighted by Gasteiger charge is -2.11. The third-order valence-corrected chi connectivity index (χ3v) is 4.07. The number of benzene rings is 1. The first-order chi connectivity index (χ1) is 12.0. The molecule has 0 bridgehead atoms. The van der Waals surface area contributed by atoms with Gasteiger partial charge in [-0.2, -0.15) is 0 Å². The summed E-state index contributed by atoms with van der Waals surface area (Å²) < 4.78 is 15.5. The summed E-state index contributed by atoms with van der Waals surface area (Å²) in [6, 6.07) is 3.06. The van der Waals surface area contributed by atoms with Gasteiger partial charge in [0.25, 0.3) is 5.91 Å². The average Bonchev–Trinajstić information content (AvgIpc) is 3.23. The zero-order valence-electron chi connectivity index (χ0n) is 13.9. The molecule has 7 heteroatoms. The molecule has 0 aromatic heterocycles. The summed E-state index contributed by atoms with van der Waals surface area (Å²) >= 11 is 0. The molecule has 1 aromatic rings. The van der Waals surface area contributed by atoms with Crippen molar-refractivity contribution < 1.29 is 28.6 Å². The number of hydrogen-bond acceptors (Lipinski definition) is 6. The molecule has 1 aromatic carbocycles. The van der Waals surface area contributed by atoms with Gasteiger partial charge in [-0.25, -0.2) is 0 Å². The van der Waals surface area contributed by atoms with E-state index in [9.17, 15) is 14.4 Å². The van der Waals surface area contributed by atoms with E-state index >= 15 is 0 Å². The Bertz CT molecular complexity index is 739. The molecule has 0 saturated heterocycles. The number of Topliss-reactive ketones (excluding diaryl/α,β-unsaturated/α-hetero) is 1. The largest absolute Gasteiger partial charge is 0.456 e. The van der Waals surface area contributed by atoms with Crippen LogP contribution >= 0.6 is 0 Å². The summed E-state index contributed by atoms with van der Waals surface area (Å²) in [6.45, 7) is 1.06. The molecular formula is C18H19NO6. The summed E-state index contributed by atoms with van der Waals surface area (Å²) in [7, 11) is 0. The number of ketones is 1. The predicted octanol–water partition coefficient (Wildman–Crippen LogP) is 2.46. The number of hydrogen-bond donors (Lipinski definition) is 1. The molecule has 0 fully saturated rings. The van der Waals surface area contributed by atoms with Crippen molar-refractivity contribution in [3.05, 3.63) is 29.8 Å². The maximum atomic E-state index is 12.0. The second-order valence-electron chi connectivity index (χ2n) is 5.99. The van der Waals surface area contributed by atoms with Crippen LogP contribution in [0.15, 0.2) is 24.3 Å². The van der Waals surface area contributed by atoms with Crippen LogP contribution in [0.4, 0.5) is 5.69 Å². The molecule has 2 aliphatic rings. The summed E-state index contributed by atoms with van der Waals surface area (Å²) in [5, 5.41) is 2.58. The Balaban J connectivity index is 1.58. The Kier molecular flexibility index (Phi) is 5.02. The summed E-state index contributed by atoms with van der Waals surface area (Å²) in [5.41, 5.74) is 0.608. The lowest BCUT2D eigenvalue weighted by Crippen LogP contribution is -2.22. The molecule has 1 aliphatic carbocycles. The molecule has 1 atom stereocenters. The number of nitrogens with one attached hydrogen (secondary N) is 1. The lowest BCUT2D eigenvalue weighted by molar-refractivity contribution is -0.147. The Morgan fingerprint density at radius 2 is 2.00 bits per heavy atom. The SMILES string of the molecule is CC(=O)c1cc2c(cc1NC(=O)COC(=O)C[C@@H]1C=CCC1)OCO2. The molecule has 1 heterocycles. The molecule has 1 aliphatic heterocycles. The number of carbonyl (C=O) groups is 3. The quantitative estimate of drug-likeness (QED) is 0.484. The Labute approximate surface area is 144 Å². The molecule has 0 unspecified atom stereocenters. The Morgan fingerprint density at radius 1 is 1.24 bits per heavy atom. The third kappa shape index (κ3) is 4.17. The van der Waals surface area contributed by atoms with E-state index < -0.39 is 18.5 Å². The molecule has 3 rings (SSSR count). The van der Waals surface area contributed by atoms with Gasteiger partial charge < -0.3 is 19.5 Å². The second-order valence-corrected chi connectivity index (χ2v) is 5.99. The molecule has 0 saturated carbocycles. The van der Waals surface area contributed by atoms with E-state index in [1.54, 1.807) is 0 Å². The highest BCUT2D eigenvalue weighted by molar-refractivity contribution is 6.05. The highest BCUT2D eigenvalue weighted by atomic mass is 16.7. The number of rotatable bonds is 6. The minimum absolute atomic E-state index is 0.0668. The van der Waals surface area contributed by atoms with Crippen LogP contribution < -0.4 is 14.8 Å². The lowest BCUT2D eigenvalue weighted by atomic mass is 10.1. The van der Waals surface area contributed by atoms with Crippen molar-refractivity contribution in [2.75, 3.05) is 18.7 Å². The van der Waals surface area contributed by atoms with Gasteiger partial charge in [-0.3, -0.25) is 14.4 Å². The van der Waals surface area contributed by atoms with Crippen LogP contribution in [0, 0.1) is 5.92 Å². The van der Waals surface area contributed by atoms with Gasteiger partial charge in [0.15, 0.2) is 23.9 Å². The number of anilines is 1. The smallest absolute Gasteiger partial charge is 0.306 e. The fraction of sp³-hybridized carbons (Fsp3) is 0.389. The first-order valence-electron chi connectivity index (χ1n) is 8.09. The van der Waals surface area contributed by atoms with Gasteiger partial charge in [0.1, 0.15) is 0 Å². The normalized spacial score (nSPS) is 17.4. The molecule has 0 spiro atoms. The first-order valence-corrected chi connectivity index (χ1v) is 8.09. The highest BCUT2D eigenvalue weighted by Gasteiger charge is 2.21. The van der Waals surface area contributed by atoms with Crippen LogP contribution in [0.5, 0.6) is 11.5 Å². The van der Waals surface area contributed by atoms with Crippen LogP contribution in [-0.4, -0.2) is 31.1 Å². The summed E-state index contributed by atoms with van der Waals surface area (Å²) in [5.74, 6) is -0.0576. The van der Waals surface area contributed by atoms with Gasteiger partial charge in [-0.1, -0.05) is 12.2 Å². The molecule has 1 N–H and O–H groups in total. The number of esters is 1. The predicted molar refractivity (Wildman–Crippen MR) is 88.6 cm³/mol. The van der Waals surface area contributed by atoms with Gasteiger partial charge in [0, 0.05) is 11.6 Å². The molecule has 1 amide bonds. The van der Waals surface area contributed by atoms with E-state index in [2.05, 4.69) is 5.32 Å². The van der Waals surface area contributed by atoms with Crippen LogP contribution in [0.3, 0.4) is 0 Å². The first kappa shape index (κ1) is 17.0. The van der Waals surface area contributed by atoms with Crippen molar-refractivity contribution >= 4 is 23.3 Å². The van der Waals surface area contributed by atoms with E-state index in [1.165, 1.54) is 19.1 Å². The molecule has 0 radical (unpaired) electrons. The number of fused-ring (bicyclic) bond motifs is 1. The zero-order valence-corrected chi connectivity index (χ0v) is 13.9. The number of allylic oxidation sites excluding steroid dienone is 2. The van der Waals surface area contributed by atoms with E-state index in [-0.39, 0.29) is 24.9 Å². The van der Waals surface area contributed by atoms with Crippen LogP contribution in [0.1, 0.15) is 36.5 Å². The summed E-state index contributed by atoms with van der Waals surface area (Å²) in [6.07, 6.45) is 6.20. The van der Waals surface area contributed by atoms with Crippen molar-refractivity contribution in [1.29, 1.82) is 0 Å². The topological polar surface area (TPSA) is 90.9 Å². The van der Waals surface area contributed by atoms with Crippen molar-refractivity contribution in [2.24, 2.45) is 5.92 Å². The Hall–Kier alpha value is -2.83. The van der Waals surface area contributed by atoms with Gasteiger partial charge in [0.05, 0.1) is 12.1 Å². The van der Waals surface area contributed by atoms with Gasteiger partial charge in [-0.15, -0.1) is 0 Å². The van der Waals surface area contributed by atoms with Crippen LogP contribution in [-0.2, 0) is 14.3 Å². The van der Waals surface area contributed by atoms with Crippen LogP contribution in [0.2, 0.25) is 0 Å². The van der Waals surface area contributed by atoms with Gasteiger partial charge >= 0.3 is 5.97 Å². The van der Waals surface area contributed by atoms with Crippen LogP contribution in [0.25, 0.3) is 0 Å². The molecule has 25 heavy (non-hydrogen) atoms. The maximum Gasteiger partial charge on any atom is 0.306 e. The number of ether oxygens (including phenoxy) is 3. The van der Waals surface area contributed by atoms with E-state index in [0.29, 0.717) is 22.7 Å². The standard InChI is InChI=1S/C18H19NO6/c1-11(20)13-7-15-16(25-10-24-15)8-14(13)19-17(21)9-23-18(22)6-12-4-2-3-5-12/h2,4,7-8,12H,3,5-6,9-10H2,1H3,(H,19,21)/t12-/m1/s1. The third-order valence-electron chi connectivity index (χ3n) is 4.07. The van der Waals surface area contributed by atoms with Crippen molar-refractivity contribution in [3.8, 4) is 11.5 Å². The summed E-state index contributed by atoms with van der Waals surface area (Å²) in [4.78, 5) is 35.6. The van der Waals surface area contributed by atoms with Gasteiger partial charge in [0.2, 0.25) is 6.79 Å². The number of amides is 1. The second kappa shape index (κ2) is 7.38. The molecule has 7 nitrogen and oxygen atoms in total. The fourth-order valence-electron chi connectivity index (χ4n) is 2.81. The van der Waals surface area contributed by atoms with Crippen molar-refractivity contribution in [1.82, 2.24) is 0 Å². The number of carbonyl (C=O) groups excluding carboxylic acids is 3.